The number of carbonyl (C=O) groups excluding carboxylic acids is 2. The van der Waals surface area contributed by atoms with Crippen LogP contribution in [0.5, 0.6) is 0 Å². The summed E-state index contributed by atoms with van der Waals surface area (Å²) in [6, 6.07) is 7.53. The van der Waals surface area contributed by atoms with E-state index in [4.69, 9.17) is 4.74 Å². The lowest BCUT2D eigenvalue weighted by Gasteiger charge is -2.24. The summed E-state index contributed by atoms with van der Waals surface area (Å²) in [5.74, 6) is -3.40. The summed E-state index contributed by atoms with van der Waals surface area (Å²) in [6.07, 6.45) is 2.31. The second-order valence-electron chi connectivity index (χ2n) is 5.30. The normalized spacial score (nSPS) is 29.1. The summed E-state index contributed by atoms with van der Waals surface area (Å²) < 4.78 is 6.42. The van der Waals surface area contributed by atoms with E-state index < -0.39 is 35.9 Å². The van der Waals surface area contributed by atoms with Crippen molar-refractivity contribution in [2.45, 2.75) is 12.2 Å². The van der Waals surface area contributed by atoms with E-state index in [1.54, 1.807) is 12.2 Å². The molecule has 0 aliphatic carbocycles. The molecule has 0 radical (unpaired) electrons. The van der Waals surface area contributed by atoms with Crippen molar-refractivity contribution >= 4 is 38.6 Å². The number of para-hydroxylation sites is 1. The molecule has 0 saturated carbocycles. The van der Waals surface area contributed by atoms with Crippen LogP contribution in [0.4, 0.5) is 5.13 Å². The van der Waals surface area contributed by atoms with E-state index in [1.165, 1.54) is 11.3 Å². The molecule has 0 spiro atoms. The van der Waals surface area contributed by atoms with Gasteiger partial charge in [-0.25, -0.2) is 4.98 Å². The summed E-state index contributed by atoms with van der Waals surface area (Å²) in [6.45, 7) is 0. The zero-order valence-electron chi connectivity index (χ0n) is 11.3. The van der Waals surface area contributed by atoms with Crippen LogP contribution in [-0.2, 0) is 14.3 Å². The number of carboxylic acids is 1. The fourth-order valence-corrected chi connectivity index (χ4v) is 3.88. The number of amides is 1. The average molecular weight is 315 g/mol. The Morgan fingerprint density at radius 3 is 2.64 bits per heavy atom. The molecule has 4 rings (SSSR count). The molecular weight excluding hydrogens is 304 g/mol. The number of carbonyl (C=O) groups is 2. The highest BCUT2D eigenvalue weighted by atomic mass is 32.1. The maximum atomic E-state index is 12.4. The Morgan fingerprint density at radius 1 is 1.18 bits per heavy atom. The highest BCUT2D eigenvalue weighted by Crippen LogP contribution is 2.39. The Kier molecular flexibility index (Phi) is 2.98. The van der Waals surface area contributed by atoms with E-state index in [0.717, 1.165) is 10.2 Å². The molecule has 2 aromatic rings. The standard InChI is InChI=1S/C15H12N2O4S/c18-13(11-8-5-6-9(21-8)12(11)14(19)20)17-15-16-7-3-1-2-4-10(7)22-15/h1-6,8-9,11-12H,(H,19,20)(H,16,17,18)/p-1/t8-,9+,11-,12+/m1/s1. The van der Waals surface area contributed by atoms with Gasteiger partial charge >= 0.3 is 0 Å². The van der Waals surface area contributed by atoms with Gasteiger partial charge in [0.2, 0.25) is 5.91 Å². The van der Waals surface area contributed by atoms with Gasteiger partial charge in [0.05, 0.1) is 28.3 Å². The van der Waals surface area contributed by atoms with Gasteiger partial charge in [-0.15, -0.1) is 0 Å². The lowest BCUT2D eigenvalue weighted by molar-refractivity contribution is -0.313. The molecule has 1 fully saturated rings. The first kappa shape index (κ1) is 13.4. The fraction of sp³-hybridized carbons (Fsp3) is 0.267. The minimum Gasteiger partial charge on any atom is -0.550 e. The van der Waals surface area contributed by atoms with Crippen molar-refractivity contribution in [3.63, 3.8) is 0 Å². The van der Waals surface area contributed by atoms with E-state index in [0.29, 0.717) is 5.13 Å². The van der Waals surface area contributed by atoms with Crippen LogP contribution in [0.3, 0.4) is 0 Å². The third kappa shape index (κ3) is 2.01. The molecule has 2 bridgehead atoms. The molecule has 1 saturated heterocycles. The Bertz CT molecular complexity index is 767. The van der Waals surface area contributed by atoms with Gasteiger partial charge in [-0.05, 0) is 12.1 Å². The zero-order valence-corrected chi connectivity index (χ0v) is 12.1. The predicted molar refractivity (Wildman–Crippen MR) is 78.0 cm³/mol. The molecule has 4 atom stereocenters. The van der Waals surface area contributed by atoms with Crippen molar-refractivity contribution in [2.24, 2.45) is 11.8 Å². The van der Waals surface area contributed by atoms with Crippen molar-refractivity contribution < 1.29 is 19.4 Å². The highest BCUT2D eigenvalue weighted by molar-refractivity contribution is 7.22. The first-order valence-electron chi connectivity index (χ1n) is 6.84. The van der Waals surface area contributed by atoms with Gasteiger partial charge in [-0.3, -0.25) is 4.79 Å². The summed E-state index contributed by atoms with van der Waals surface area (Å²) in [4.78, 5) is 28.0. The minimum absolute atomic E-state index is 0.398. The molecule has 1 aromatic heterocycles. The van der Waals surface area contributed by atoms with Crippen molar-refractivity contribution in [1.82, 2.24) is 4.98 Å². The topological polar surface area (TPSA) is 91.3 Å². The molecule has 22 heavy (non-hydrogen) atoms. The Morgan fingerprint density at radius 2 is 1.91 bits per heavy atom. The first-order chi connectivity index (χ1) is 10.6. The third-order valence-corrected chi connectivity index (χ3v) is 4.95. The summed E-state index contributed by atoms with van der Waals surface area (Å²) in [5.41, 5.74) is 0.795. The number of hydrogen-bond donors (Lipinski definition) is 1. The van der Waals surface area contributed by atoms with Crippen LogP contribution in [0.15, 0.2) is 36.4 Å². The number of ether oxygens (including phenoxy) is 1. The molecule has 2 aliphatic heterocycles. The van der Waals surface area contributed by atoms with Crippen molar-refractivity contribution in [3.8, 4) is 0 Å². The second kappa shape index (κ2) is 4.89. The average Bonchev–Trinajstić information content (AvgIpc) is 3.19. The summed E-state index contributed by atoms with van der Waals surface area (Å²) in [7, 11) is 0. The molecule has 112 valence electrons. The van der Waals surface area contributed by atoms with Gasteiger partial charge in [-0.2, -0.15) is 0 Å². The van der Waals surface area contributed by atoms with E-state index in [-0.39, 0.29) is 0 Å². The lowest BCUT2D eigenvalue weighted by atomic mass is 9.82. The number of hydrogen-bond acceptors (Lipinski definition) is 6. The van der Waals surface area contributed by atoms with Gasteiger partial charge in [0.25, 0.3) is 0 Å². The van der Waals surface area contributed by atoms with Crippen LogP contribution >= 0.6 is 11.3 Å². The third-order valence-electron chi connectivity index (χ3n) is 4.00. The van der Waals surface area contributed by atoms with Gasteiger partial charge in [0.1, 0.15) is 0 Å². The smallest absolute Gasteiger partial charge is 0.233 e. The molecule has 1 amide bonds. The molecular formula is C15H11N2O4S-. The number of fused-ring (bicyclic) bond motifs is 3. The maximum Gasteiger partial charge on any atom is 0.233 e. The number of benzene rings is 1. The lowest BCUT2D eigenvalue weighted by Crippen LogP contribution is -2.45. The van der Waals surface area contributed by atoms with Crippen LogP contribution < -0.4 is 10.4 Å². The molecule has 2 aliphatic rings. The van der Waals surface area contributed by atoms with Crippen LogP contribution in [0.1, 0.15) is 0 Å². The molecule has 1 aromatic carbocycles. The first-order valence-corrected chi connectivity index (χ1v) is 7.66. The quantitative estimate of drug-likeness (QED) is 0.835. The minimum atomic E-state index is -1.26. The summed E-state index contributed by atoms with van der Waals surface area (Å²) in [5, 5.41) is 14.4. The van der Waals surface area contributed by atoms with E-state index in [1.807, 2.05) is 24.3 Å². The highest BCUT2D eigenvalue weighted by Gasteiger charge is 2.50. The molecule has 1 N–H and O–H groups in total. The maximum absolute atomic E-state index is 12.4. The van der Waals surface area contributed by atoms with Gasteiger partial charge < -0.3 is 20.0 Å². The van der Waals surface area contributed by atoms with Gasteiger partial charge in [0, 0.05) is 11.9 Å². The van der Waals surface area contributed by atoms with Crippen LogP contribution in [-0.4, -0.2) is 29.1 Å². The SMILES string of the molecule is O=C([O-])[C@@H]1[C@H](C(=O)Nc2nc3ccccc3s2)[C@H]2C=C[C@@H]1O2. The predicted octanol–water partition coefficient (Wildman–Crippen LogP) is 0.554. The van der Waals surface area contributed by atoms with Crippen LogP contribution in [0.25, 0.3) is 10.2 Å². The van der Waals surface area contributed by atoms with Gasteiger partial charge in [-0.1, -0.05) is 35.6 Å². The number of thiazole rings is 1. The summed E-state index contributed by atoms with van der Waals surface area (Å²) >= 11 is 1.35. The molecule has 7 heteroatoms. The largest absolute Gasteiger partial charge is 0.550 e. The Labute approximate surface area is 129 Å². The van der Waals surface area contributed by atoms with E-state index in [9.17, 15) is 14.7 Å². The van der Waals surface area contributed by atoms with E-state index >= 15 is 0 Å². The van der Waals surface area contributed by atoms with Crippen molar-refractivity contribution in [2.75, 3.05) is 5.32 Å². The number of rotatable bonds is 3. The number of carboxylic acid groups (broad SMARTS) is 1. The number of aliphatic carboxylic acids is 1. The van der Waals surface area contributed by atoms with Crippen molar-refractivity contribution in [3.05, 3.63) is 36.4 Å². The fourth-order valence-electron chi connectivity index (χ4n) is 3.02. The number of nitrogens with zero attached hydrogens (tertiary/aromatic N) is 1. The second-order valence-corrected chi connectivity index (χ2v) is 6.33. The number of anilines is 1. The number of nitrogens with one attached hydrogen (secondary N) is 1. The van der Waals surface area contributed by atoms with Gasteiger partial charge in [0.15, 0.2) is 5.13 Å². The van der Waals surface area contributed by atoms with E-state index in [2.05, 4.69) is 10.3 Å². The molecule has 0 unspecified atom stereocenters. The van der Waals surface area contributed by atoms with Crippen LogP contribution in [0, 0.1) is 11.8 Å². The monoisotopic (exact) mass is 315 g/mol. The van der Waals surface area contributed by atoms with Crippen molar-refractivity contribution in [1.29, 1.82) is 0 Å². The Balaban J connectivity index is 1.59. The number of aromatic nitrogens is 1. The zero-order chi connectivity index (χ0) is 15.3. The molecule has 6 nitrogen and oxygen atoms in total. The van der Waals surface area contributed by atoms with Crippen LogP contribution in [0.2, 0.25) is 0 Å². The molecule has 3 heterocycles. The Hall–Kier alpha value is -2.25.